The standard InChI is InChI=1S/C18H18BrNO6/c1-23-12-5-7-16(24-2)14(9-12)20-17(21)10-26-15-6-4-11(8-13(15)19)18(22)25-3/h4-9H,10H2,1-3H3,(H,20,21). The molecule has 0 aliphatic carbocycles. The number of hydrogen-bond donors (Lipinski definition) is 1. The van der Waals surface area contributed by atoms with Crippen molar-refractivity contribution in [3.8, 4) is 17.2 Å². The molecule has 0 radical (unpaired) electrons. The highest BCUT2D eigenvalue weighted by Crippen LogP contribution is 2.29. The molecule has 0 saturated heterocycles. The van der Waals surface area contributed by atoms with Gasteiger partial charge in [-0.1, -0.05) is 0 Å². The molecular formula is C18H18BrNO6. The molecule has 0 saturated carbocycles. The molecule has 0 atom stereocenters. The predicted octanol–water partition coefficient (Wildman–Crippen LogP) is 3.27. The van der Waals surface area contributed by atoms with E-state index in [2.05, 4.69) is 26.0 Å². The zero-order chi connectivity index (χ0) is 19.1. The number of benzene rings is 2. The third-order valence-electron chi connectivity index (χ3n) is 3.39. The van der Waals surface area contributed by atoms with Gasteiger partial charge in [-0.3, -0.25) is 4.79 Å². The topological polar surface area (TPSA) is 83.1 Å². The minimum absolute atomic E-state index is 0.226. The van der Waals surface area contributed by atoms with Crippen LogP contribution in [0.2, 0.25) is 0 Å². The van der Waals surface area contributed by atoms with Gasteiger partial charge in [0.05, 0.1) is 37.1 Å². The van der Waals surface area contributed by atoms with Gasteiger partial charge in [-0.15, -0.1) is 0 Å². The maximum atomic E-state index is 12.2. The molecule has 2 rings (SSSR count). The second kappa shape index (κ2) is 9.10. The minimum Gasteiger partial charge on any atom is -0.497 e. The number of amides is 1. The zero-order valence-electron chi connectivity index (χ0n) is 14.5. The van der Waals surface area contributed by atoms with E-state index in [1.807, 2.05) is 0 Å². The number of anilines is 1. The molecule has 0 aromatic heterocycles. The molecule has 0 heterocycles. The van der Waals surface area contributed by atoms with Crippen molar-refractivity contribution in [2.75, 3.05) is 33.3 Å². The maximum absolute atomic E-state index is 12.2. The van der Waals surface area contributed by atoms with Gasteiger partial charge in [0.2, 0.25) is 0 Å². The van der Waals surface area contributed by atoms with Crippen LogP contribution in [0.1, 0.15) is 10.4 Å². The van der Waals surface area contributed by atoms with Crippen molar-refractivity contribution in [1.82, 2.24) is 0 Å². The summed E-state index contributed by atoms with van der Waals surface area (Å²) in [5.74, 6) is 0.678. The van der Waals surface area contributed by atoms with E-state index in [9.17, 15) is 9.59 Å². The van der Waals surface area contributed by atoms with E-state index in [0.29, 0.717) is 33.0 Å². The number of rotatable bonds is 7. The van der Waals surface area contributed by atoms with Crippen LogP contribution in [0.5, 0.6) is 17.2 Å². The third-order valence-corrected chi connectivity index (χ3v) is 4.01. The van der Waals surface area contributed by atoms with Crippen LogP contribution in [0.25, 0.3) is 0 Å². The van der Waals surface area contributed by atoms with Crippen LogP contribution in [-0.4, -0.2) is 39.8 Å². The number of halogens is 1. The Labute approximate surface area is 159 Å². The Bertz CT molecular complexity index is 808. The molecule has 0 spiro atoms. The van der Waals surface area contributed by atoms with Gasteiger partial charge in [-0.25, -0.2) is 4.79 Å². The highest BCUT2D eigenvalue weighted by Gasteiger charge is 2.12. The predicted molar refractivity (Wildman–Crippen MR) is 99.2 cm³/mol. The quantitative estimate of drug-likeness (QED) is 0.688. The second-order valence-corrected chi connectivity index (χ2v) is 5.89. The first kappa shape index (κ1) is 19.6. The van der Waals surface area contributed by atoms with Crippen LogP contribution in [-0.2, 0) is 9.53 Å². The van der Waals surface area contributed by atoms with Crippen molar-refractivity contribution in [2.24, 2.45) is 0 Å². The number of hydrogen-bond acceptors (Lipinski definition) is 6. The largest absolute Gasteiger partial charge is 0.497 e. The monoisotopic (exact) mass is 423 g/mol. The number of methoxy groups -OCH3 is 3. The lowest BCUT2D eigenvalue weighted by atomic mass is 10.2. The van der Waals surface area contributed by atoms with Gasteiger partial charge < -0.3 is 24.3 Å². The Morgan fingerprint density at radius 1 is 1.00 bits per heavy atom. The first-order valence-electron chi connectivity index (χ1n) is 7.51. The Kier molecular flexibility index (Phi) is 6.85. The molecule has 0 aliphatic heterocycles. The maximum Gasteiger partial charge on any atom is 0.337 e. The molecule has 0 aliphatic rings. The lowest BCUT2D eigenvalue weighted by molar-refractivity contribution is -0.118. The third kappa shape index (κ3) is 4.89. The van der Waals surface area contributed by atoms with Crippen molar-refractivity contribution in [3.63, 3.8) is 0 Å². The van der Waals surface area contributed by atoms with E-state index in [4.69, 9.17) is 14.2 Å². The number of carbonyl (C=O) groups excluding carboxylic acids is 2. The fourth-order valence-corrected chi connectivity index (χ4v) is 2.60. The number of nitrogens with one attached hydrogen (secondary N) is 1. The average molecular weight is 424 g/mol. The van der Waals surface area contributed by atoms with Crippen molar-refractivity contribution in [2.45, 2.75) is 0 Å². The normalized spacial score (nSPS) is 10.0. The van der Waals surface area contributed by atoms with E-state index in [1.54, 1.807) is 36.4 Å². The van der Waals surface area contributed by atoms with Crippen molar-refractivity contribution in [3.05, 3.63) is 46.4 Å². The molecule has 8 heteroatoms. The minimum atomic E-state index is -0.458. The molecule has 1 amide bonds. The molecule has 0 unspecified atom stereocenters. The Morgan fingerprint density at radius 3 is 2.35 bits per heavy atom. The summed E-state index contributed by atoms with van der Waals surface area (Å²) < 4.78 is 21.0. The fourth-order valence-electron chi connectivity index (χ4n) is 2.10. The Morgan fingerprint density at radius 2 is 1.73 bits per heavy atom. The SMILES string of the molecule is COC(=O)c1ccc(OCC(=O)Nc2cc(OC)ccc2OC)c(Br)c1. The van der Waals surface area contributed by atoms with Gasteiger partial charge in [0, 0.05) is 6.07 Å². The average Bonchev–Trinajstić information content (AvgIpc) is 2.66. The fraction of sp³-hybridized carbons (Fsp3) is 0.222. The van der Waals surface area contributed by atoms with Crippen LogP contribution >= 0.6 is 15.9 Å². The molecule has 138 valence electrons. The van der Waals surface area contributed by atoms with Gasteiger partial charge in [0.25, 0.3) is 5.91 Å². The molecule has 7 nitrogen and oxygen atoms in total. The molecule has 26 heavy (non-hydrogen) atoms. The highest BCUT2D eigenvalue weighted by atomic mass is 79.9. The highest BCUT2D eigenvalue weighted by molar-refractivity contribution is 9.10. The van der Waals surface area contributed by atoms with Crippen LogP contribution in [0.3, 0.4) is 0 Å². The van der Waals surface area contributed by atoms with Gasteiger partial charge >= 0.3 is 5.97 Å². The van der Waals surface area contributed by atoms with E-state index >= 15 is 0 Å². The summed E-state index contributed by atoms with van der Waals surface area (Å²) in [4.78, 5) is 23.7. The molecule has 0 fully saturated rings. The smallest absolute Gasteiger partial charge is 0.337 e. The van der Waals surface area contributed by atoms with Crippen LogP contribution in [0.15, 0.2) is 40.9 Å². The summed E-state index contributed by atoms with van der Waals surface area (Å²) in [5, 5.41) is 2.71. The van der Waals surface area contributed by atoms with Crippen LogP contribution < -0.4 is 19.5 Å². The number of ether oxygens (including phenoxy) is 4. The lowest BCUT2D eigenvalue weighted by Gasteiger charge is -2.13. The summed E-state index contributed by atoms with van der Waals surface area (Å²) >= 11 is 3.30. The van der Waals surface area contributed by atoms with Gasteiger partial charge in [0.15, 0.2) is 6.61 Å². The van der Waals surface area contributed by atoms with Crippen molar-refractivity contribution in [1.29, 1.82) is 0 Å². The zero-order valence-corrected chi connectivity index (χ0v) is 16.1. The van der Waals surface area contributed by atoms with Crippen molar-refractivity contribution >= 4 is 33.5 Å². The summed E-state index contributed by atoms with van der Waals surface area (Å²) in [7, 11) is 4.35. The number of esters is 1. The summed E-state index contributed by atoms with van der Waals surface area (Å²) in [5.41, 5.74) is 0.845. The van der Waals surface area contributed by atoms with Crippen LogP contribution in [0.4, 0.5) is 5.69 Å². The van der Waals surface area contributed by atoms with Gasteiger partial charge in [-0.05, 0) is 46.3 Å². The van der Waals surface area contributed by atoms with Crippen LogP contribution in [0, 0.1) is 0 Å². The van der Waals surface area contributed by atoms with E-state index in [1.165, 1.54) is 21.3 Å². The lowest BCUT2D eigenvalue weighted by Crippen LogP contribution is -2.20. The molecule has 2 aromatic rings. The number of carbonyl (C=O) groups is 2. The second-order valence-electron chi connectivity index (χ2n) is 5.04. The molecule has 1 N–H and O–H groups in total. The Balaban J connectivity index is 2.02. The van der Waals surface area contributed by atoms with E-state index < -0.39 is 5.97 Å². The summed E-state index contributed by atoms with van der Waals surface area (Å²) in [6.07, 6.45) is 0. The summed E-state index contributed by atoms with van der Waals surface area (Å²) in [6, 6.07) is 9.76. The van der Waals surface area contributed by atoms with Gasteiger partial charge in [-0.2, -0.15) is 0 Å². The van der Waals surface area contributed by atoms with E-state index in [-0.39, 0.29) is 12.5 Å². The van der Waals surface area contributed by atoms with E-state index in [0.717, 1.165) is 0 Å². The first-order valence-corrected chi connectivity index (χ1v) is 8.30. The molecular weight excluding hydrogens is 406 g/mol. The molecule has 2 aromatic carbocycles. The summed E-state index contributed by atoms with van der Waals surface area (Å²) in [6.45, 7) is -0.226. The van der Waals surface area contributed by atoms with Crippen molar-refractivity contribution < 1.29 is 28.5 Å². The van der Waals surface area contributed by atoms with Gasteiger partial charge in [0.1, 0.15) is 17.2 Å². The molecule has 0 bridgehead atoms. The first-order chi connectivity index (χ1) is 12.5. The Hall–Kier alpha value is -2.74.